The molecule has 0 saturated carbocycles. The molecule has 0 fully saturated rings. The first-order valence-electron chi connectivity index (χ1n) is 10.9. The van der Waals surface area contributed by atoms with Crippen LogP contribution in [0.5, 0.6) is 0 Å². The number of allylic oxidation sites excluding steroid dienone is 6. The number of aromatic carboxylic acids is 1. The molecule has 1 aromatic carbocycles. The maximum absolute atomic E-state index is 11.9. The molecular formula is C25H27NO2. The highest BCUT2D eigenvalue weighted by Crippen LogP contribution is 2.57. The van der Waals surface area contributed by atoms with Crippen molar-refractivity contribution < 1.29 is 9.90 Å². The average molecular weight is 373 g/mol. The average Bonchev–Trinajstić information content (AvgIpc) is 3.38. The molecule has 0 spiro atoms. The first-order chi connectivity index (χ1) is 13.7. The third-order valence-electron chi connectivity index (χ3n) is 7.95. The zero-order valence-electron chi connectivity index (χ0n) is 16.1. The van der Waals surface area contributed by atoms with Gasteiger partial charge in [-0.2, -0.15) is 0 Å². The van der Waals surface area contributed by atoms with Gasteiger partial charge in [-0.3, -0.25) is 0 Å². The molecule has 1 aromatic rings. The Kier molecular flexibility index (Phi) is 3.63. The van der Waals surface area contributed by atoms with Crippen LogP contribution >= 0.6 is 0 Å². The van der Waals surface area contributed by atoms with E-state index in [9.17, 15) is 9.90 Å². The number of benzene rings is 1. The fourth-order valence-corrected chi connectivity index (χ4v) is 6.83. The molecule has 3 aliphatic carbocycles. The smallest absolute Gasteiger partial charge is 0.335 e. The first kappa shape index (κ1) is 16.6. The molecule has 0 bridgehead atoms. The molecule has 3 nitrogen and oxygen atoms in total. The first-order valence-corrected chi connectivity index (χ1v) is 10.9. The van der Waals surface area contributed by atoms with Crippen LogP contribution in [-0.2, 0) is 0 Å². The number of rotatable bonds is 2. The predicted octanol–water partition coefficient (Wildman–Crippen LogP) is 5.26. The molecule has 5 aliphatic rings. The minimum atomic E-state index is -0.798. The van der Waals surface area contributed by atoms with E-state index >= 15 is 0 Å². The van der Waals surface area contributed by atoms with Gasteiger partial charge in [0.05, 0.1) is 5.56 Å². The molecule has 0 unspecified atom stereocenters. The SMILES string of the molecule is O=C(O)c1cc2c3c(c1)[C@@H]1C=CC[C@@H]1[C@H]([C@@H]1CC=CCC1)N3C[C@@H]1CC=C[C@H]21. The van der Waals surface area contributed by atoms with Crippen molar-refractivity contribution in [3.63, 3.8) is 0 Å². The second-order valence-corrected chi connectivity index (χ2v) is 9.30. The van der Waals surface area contributed by atoms with E-state index in [4.69, 9.17) is 0 Å². The Morgan fingerprint density at radius 2 is 1.68 bits per heavy atom. The van der Waals surface area contributed by atoms with Gasteiger partial charge in [0.1, 0.15) is 0 Å². The van der Waals surface area contributed by atoms with Crippen LogP contribution < -0.4 is 4.90 Å². The monoisotopic (exact) mass is 373 g/mol. The van der Waals surface area contributed by atoms with E-state index in [2.05, 4.69) is 41.4 Å². The van der Waals surface area contributed by atoms with Crippen molar-refractivity contribution in [3.8, 4) is 0 Å². The van der Waals surface area contributed by atoms with Gasteiger partial charge in [-0.15, -0.1) is 0 Å². The molecular weight excluding hydrogens is 346 g/mol. The summed E-state index contributed by atoms with van der Waals surface area (Å²) in [5.41, 5.74) is 4.39. The van der Waals surface area contributed by atoms with Crippen LogP contribution in [0.25, 0.3) is 0 Å². The second kappa shape index (κ2) is 6.10. The summed E-state index contributed by atoms with van der Waals surface area (Å²) in [4.78, 5) is 14.6. The van der Waals surface area contributed by atoms with Gasteiger partial charge in [0, 0.05) is 30.1 Å². The number of nitrogens with zero attached hydrogens (tertiary/aromatic N) is 1. The highest BCUT2D eigenvalue weighted by molar-refractivity contribution is 5.90. The summed E-state index contributed by atoms with van der Waals surface area (Å²) in [5, 5.41) is 9.77. The number of carboxylic acid groups (broad SMARTS) is 1. The van der Waals surface area contributed by atoms with Gasteiger partial charge in [-0.05, 0) is 73.1 Å². The molecule has 6 rings (SSSR count). The van der Waals surface area contributed by atoms with E-state index in [1.54, 1.807) is 0 Å². The van der Waals surface area contributed by atoms with Crippen LogP contribution in [0.3, 0.4) is 0 Å². The van der Waals surface area contributed by atoms with Crippen molar-refractivity contribution in [3.05, 3.63) is 65.3 Å². The number of hydrogen-bond acceptors (Lipinski definition) is 2. The minimum Gasteiger partial charge on any atom is -0.478 e. The molecule has 2 heterocycles. The largest absolute Gasteiger partial charge is 0.478 e. The fraction of sp³-hybridized carbons (Fsp3) is 0.480. The van der Waals surface area contributed by atoms with E-state index < -0.39 is 5.97 Å². The summed E-state index contributed by atoms with van der Waals surface area (Å²) in [7, 11) is 0. The maximum Gasteiger partial charge on any atom is 0.335 e. The molecule has 0 saturated heterocycles. The lowest BCUT2D eigenvalue weighted by Gasteiger charge is -2.53. The van der Waals surface area contributed by atoms with Gasteiger partial charge in [-0.1, -0.05) is 36.5 Å². The van der Waals surface area contributed by atoms with Gasteiger partial charge in [0.25, 0.3) is 0 Å². The van der Waals surface area contributed by atoms with Crippen molar-refractivity contribution in [2.75, 3.05) is 11.4 Å². The van der Waals surface area contributed by atoms with Crippen LogP contribution in [0.15, 0.2) is 48.6 Å². The van der Waals surface area contributed by atoms with Gasteiger partial charge < -0.3 is 10.0 Å². The Bertz CT molecular complexity index is 909. The highest BCUT2D eigenvalue weighted by atomic mass is 16.4. The predicted molar refractivity (Wildman–Crippen MR) is 111 cm³/mol. The van der Waals surface area contributed by atoms with Gasteiger partial charge in [0.15, 0.2) is 0 Å². The third kappa shape index (κ3) is 2.25. The van der Waals surface area contributed by atoms with E-state index in [1.807, 2.05) is 12.1 Å². The molecule has 0 amide bonds. The standard InChI is InChI=1S/C25H27NO2/c27-25(28)17-12-21-18-9-4-8-16(18)14-26-23(15-6-2-1-3-7-15)20-11-5-10-19(20)22(13-17)24(21)26/h1-2,4-5,9-10,12-13,15-16,18-20,23H,3,6-8,11,14H2,(H,27,28)/t15-,16+,18+,19-,20+,23+/m1/s1. The lowest BCUT2D eigenvalue weighted by molar-refractivity contribution is 0.0696. The summed E-state index contributed by atoms with van der Waals surface area (Å²) < 4.78 is 0. The molecule has 0 aromatic heterocycles. The van der Waals surface area contributed by atoms with Gasteiger partial charge >= 0.3 is 5.97 Å². The number of anilines is 1. The van der Waals surface area contributed by atoms with Crippen molar-refractivity contribution >= 4 is 11.7 Å². The fourth-order valence-electron chi connectivity index (χ4n) is 6.83. The van der Waals surface area contributed by atoms with Crippen LogP contribution in [0.2, 0.25) is 0 Å². The molecule has 0 radical (unpaired) electrons. The summed E-state index contributed by atoms with van der Waals surface area (Å²) in [6.07, 6.45) is 20.0. The number of carbonyl (C=O) groups is 1. The molecule has 2 aliphatic heterocycles. The van der Waals surface area contributed by atoms with E-state index in [-0.39, 0.29) is 0 Å². The minimum absolute atomic E-state index is 0.377. The zero-order valence-corrected chi connectivity index (χ0v) is 16.1. The summed E-state index contributed by atoms with van der Waals surface area (Å²) in [5.74, 6) is 1.86. The lowest BCUT2D eigenvalue weighted by atomic mass is 9.67. The summed E-state index contributed by atoms with van der Waals surface area (Å²) in [6.45, 7) is 1.12. The van der Waals surface area contributed by atoms with Crippen molar-refractivity contribution in [2.24, 2.45) is 17.8 Å². The highest BCUT2D eigenvalue weighted by Gasteiger charge is 2.49. The van der Waals surface area contributed by atoms with E-state index in [1.165, 1.54) is 36.1 Å². The Morgan fingerprint density at radius 3 is 2.46 bits per heavy atom. The van der Waals surface area contributed by atoms with E-state index in [0.717, 1.165) is 19.4 Å². The van der Waals surface area contributed by atoms with Crippen LogP contribution in [0.1, 0.15) is 65.4 Å². The van der Waals surface area contributed by atoms with Crippen LogP contribution in [-0.4, -0.2) is 23.7 Å². The van der Waals surface area contributed by atoms with Crippen LogP contribution in [0, 0.1) is 17.8 Å². The third-order valence-corrected chi connectivity index (χ3v) is 7.95. The van der Waals surface area contributed by atoms with E-state index in [0.29, 0.717) is 41.2 Å². The summed E-state index contributed by atoms with van der Waals surface area (Å²) >= 11 is 0. The van der Waals surface area contributed by atoms with Crippen molar-refractivity contribution in [1.82, 2.24) is 0 Å². The Balaban J connectivity index is 1.56. The number of hydrogen-bond donors (Lipinski definition) is 1. The van der Waals surface area contributed by atoms with Crippen LogP contribution in [0.4, 0.5) is 5.69 Å². The maximum atomic E-state index is 11.9. The Hall–Kier alpha value is -2.29. The topological polar surface area (TPSA) is 40.5 Å². The van der Waals surface area contributed by atoms with Crippen molar-refractivity contribution in [1.29, 1.82) is 0 Å². The Labute approximate surface area is 166 Å². The quantitative estimate of drug-likeness (QED) is 0.719. The molecule has 144 valence electrons. The van der Waals surface area contributed by atoms with Gasteiger partial charge in [0.2, 0.25) is 0 Å². The summed E-state index contributed by atoms with van der Waals surface area (Å²) in [6, 6.07) is 4.54. The zero-order chi connectivity index (χ0) is 18.8. The van der Waals surface area contributed by atoms with Crippen molar-refractivity contribution in [2.45, 2.75) is 50.0 Å². The molecule has 6 atom stereocenters. The Morgan fingerprint density at radius 1 is 0.929 bits per heavy atom. The molecule has 1 N–H and O–H groups in total. The molecule has 3 heteroatoms. The van der Waals surface area contributed by atoms with Gasteiger partial charge in [-0.25, -0.2) is 4.79 Å². The molecule has 28 heavy (non-hydrogen) atoms. The number of fused-ring (bicyclic) bond motifs is 4. The second-order valence-electron chi connectivity index (χ2n) is 9.30. The number of carboxylic acids is 1. The normalized spacial score (nSPS) is 36.9. The lowest BCUT2D eigenvalue weighted by Crippen LogP contribution is -2.54.